The topological polar surface area (TPSA) is 93.1 Å². The van der Waals surface area contributed by atoms with Gasteiger partial charge in [0.05, 0.1) is 17.8 Å². The quantitative estimate of drug-likeness (QED) is 0.724. The van der Waals surface area contributed by atoms with Crippen molar-refractivity contribution in [1.29, 1.82) is 0 Å². The highest BCUT2D eigenvalue weighted by Crippen LogP contribution is 2.17. The molecule has 1 aromatic heterocycles. The summed E-state index contributed by atoms with van der Waals surface area (Å²) in [4.78, 5) is 15.5. The van der Waals surface area contributed by atoms with Gasteiger partial charge in [-0.25, -0.2) is 18.2 Å². The smallest absolute Gasteiger partial charge is 0.314 e. The molecule has 0 spiro atoms. The lowest BCUT2D eigenvalue weighted by atomic mass is 10.1. The van der Waals surface area contributed by atoms with Crippen molar-refractivity contribution in [3.63, 3.8) is 0 Å². The Hall–Kier alpha value is -1.57. The fourth-order valence-corrected chi connectivity index (χ4v) is 4.08. The second-order valence-corrected chi connectivity index (χ2v) is 7.29. The standard InChI is InChI=1S/C12H20N4O3S/c17-12(14-3-1-5-16-6-4-13-10-16)15-8-11-2-7-20(18,19)9-11/h4,6,10-11H,1-3,5,7-9H2,(H2,14,15,17)/t11-/m0/s1. The molecule has 8 heteroatoms. The van der Waals surface area contributed by atoms with Gasteiger partial charge in [-0.05, 0) is 18.8 Å². The Bertz CT molecular complexity index is 527. The lowest BCUT2D eigenvalue weighted by Crippen LogP contribution is -2.39. The molecule has 2 heterocycles. The van der Waals surface area contributed by atoms with E-state index in [2.05, 4.69) is 15.6 Å². The molecule has 1 atom stereocenters. The number of hydrogen-bond donors (Lipinski definition) is 2. The predicted molar refractivity (Wildman–Crippen MR) is 75.0 cm³/mol. The molecule has 2 amide bonds. The van der Waals surface area contributed by atoms with Crippen molar-refractivity contribution in [2.45, 2.75) is 19.4 Å². The number of hydrogen-bond acceptors (Lipinski definition) is 4. The first-order chi connectivity index (χ1) is 9.55. The fourth-order valence-electron chi connectivity index (χ4n) is 2.22. The second-order valence-electron chi connectivity index (χ2n) is 5.06. The van der Waals surface area contributed by atoms with Crippen LogP contribution in [0.15, 0.2) is 18.7 Å². The summed E-state index contributed by atoms with van der Waals surface area (Å²) in [7, 11) is -2.87. The summed E-state index contributed by atoms with van der Waals surface area (Å²) >= 11 is 0. The molecule has 0 aliphatic carbocycles. The minimum atomic E-state index is -2.87. The Kier molecular flexibility index (Phi) is 4.99. The van der Waals surface area contributed by atoms with E-state index in [4.69, 9.17) is 0 Å². The number of amides is 2. The van der Waals surface area contributed by atoms with Crippen LogP contribution in [0.3, 0.4) is 0 Å². The van der Waals surface area contributed by atoms with Crippen LogP contribution in [0.5, 0.6) is 0 Å². The summed E-state index contributed by atoms with van der Waals surface area (Å²) in [5, 5.41) is 5.48. The number of carbonyl (C=O) groups excluding carboxylic acids is 1. The molecule has 1 aliphatic rings. The maximum atomic E-state index is 11.5. The molecule has 2 N–H and O–H groups in total. The number of rotatable bonds is 6. The molecule has 1 aromatic rings. The van der Waals surface area contributed by atoms with E-state index in [1.54, 1.807) is 12.5 Å². The average Bonchev–Trinajstić information content (AvgIpc) is 3.01. The first-order valence-corrected chi connectivity index (χ1v) is 8.55. The molecule has 0 aromatic carbocycles. The van der Waals surface area contributed by atoms with Crippen LogP contribution in [0.4, 0.5) is 4.79 Å². The first-order valence-electron chi connectivity index (χ1n) is 6.73. The van der Waals surface area contributed by atoms with Gasteiger partial charge in [-0.15, -0.1) is 0 Å². The van der Waals surface area contributed by atoms with E-state index in [9.17, 15) is 13.2 Å². The number of imidazole rings is 1. The van der Waals surface area contributed by atoms with Gasteiger partial charge in [-0.2, -0.15) is 0 Å². The lowest BCUT2D eigenvalue weighted by molar-refractivity contribution is 0.239. The summed E-state index contributed by atoms with van der Waals surface area (Å²) < 4.78 is 24.5. The zero-order valence-corrected chi connectivity index (χ0v) is 12.1. The summed E-state index contributed by atoms with van der Waals surface area (Å²) in [6.45, 7) is 1.81. The van der Waals surface area contributed by atoms with Crippen LogP contribution in [0.25, 0.3) is 0 Å². The predicted octanol–water partition coefficient (Wildman–Crippen LogP) is 0.00710. The third-order valence-electron chi connectivity index (χ3n) is 3.32. The molecule has 7 nitrogen and oxygen atoms in total. The van der Waals surface area contributed by atoms with Crippen molar-refractivity contribution in [2.75, 3.05) is 24.6 Å². The number of carbonyl (C=O) groups is 1. The highest BCUT2D eigenvalue weighted by Gasteiger charge is 2.27. The largest absolute Gasteiger partial charge is 0.338 e. The number of nitrogens with zero attached hydrogens (tertiary/aromatic N) is 2. The number of sulfone groups is 1. The van der Waals surface area contributed by atoms with Crippen LogP contribution in [-0.4, -0.2) is 48.6 Å². The molecule has 2 rings (SSSR count). The zero-order chi connectivity index (χ0) is 14.4. The van der Waals surface area contributed by atoms with Gasteiger partial charge in [0.15, 0.2) is 9.84 Å². The SMILES string of the molecule is O=C(NCCCn1ccnc1)NC[C@@H]1CCS(=O)(=O)C1. The van der Waals surface area contributed by atoms with Crippen LogP contribution < -0.4 is 10.6 Å². The van der Waals surface area contributed by atoms with Gasteiger partial charge < -0.3 is 15.2 Å². The van der Waals surface area contributed by atoms with Crippen molar-refractivity contribution < 1.29 is 13.2 Å². The molecule has 1 aliphatic heterocycles. The van der Waals surface area contributed by atoms with Crippen LogP contribution in [0, 0.1) is 5.92 Å². The van der Waals surface area contributed by atoms with Gasteiger partial charge >= 0.3 is 6.03 Å². The molecule has 1 saturated heterocycles. The molecule has 0 saturated carbocycles. The van der Waals surface area contributed by atoms with E-state index in [-0.39, 0.29) is 23.5 Å². The first kappa shape index (κ1) is 14.8. The van der Waals surface area contributed by atoms with Gasteiger partial charge in [0.25, 0.3) is 0 Å². The van der Waals surface area contributed by atoms with Crippen molar-refractivity contribution in [1.82, 2.24) is 20.2 Å². The van der Waals surface area contributed by atoms with Gasteiger partial charge in [-0.1, -0.05) is 0 Å². The van der Waals surface area contributed by atoms with Crippen LogP contribution in [-0.2, 0) is 16.4 Å². The molecule has 0 bridgehead atoms. The van der Waals surface area contributed by atoms with Gasteiger partial charge in [-0.3, -0.25) is 0 Å². The highest BCUT2D eigenvalue weighted by atomic mass is 32.2. The summed E-state index contributed by atoms with van der Waals surface area (Å²) in [6, 6.07) is -0.236. The zero-order valence-electron chi connectivity index (χ0n) is 11.3. The Balaban J connectivity index is 1.54. The fraction of sp³-hybridized carbons (Fsp3) is 0.667. The van der Waals surface area contributed by atoms with Gasteiger partial charge in [0.1, 0.15) is 0 Å². The molecule has 0 unspecified atom stereocenters. The normalized spacial score (nSPS) is 20.7. The maximum absolute atomic E-state index is 11.5. The number of aromatic nitrogens is 2. The van der Waals surface area contributed by atoms with E-state index in [0.717, 1.165) is 13.0 Å². The van der Waals surface area contributed by atoms with Gasteiger partial charge in [0.2, 0.25) is 0 Å². The maximum Gasteiger partial charge on any atom is 0.314 e. The minimum Gasteiger partial charge on any atom is -0.338 e. The Labute approximate surface area is 118 Å². The van der Waals surface area contributed by atoms with E-state index >= 15 is 0 Å². The molecule has 0 radical (unpaired) electrons. The second kappa shape index (κ2) is 6.74. The van der Waals surface area contributed by atoms with Crippen LogP contribution >= 0.6 is 0 Å². The number of nitrogens with one attached hydrogen (secondary N) is 2. The van der Waals surface area contributed by atoms with Crippen LogP contribution in [0.1, 0.15) is 12.8 Å². The number of urea groups is 1. The molecule has 1 fully saturated rings. The van der Waals surface area contributed by atoms with Crippen molar-refractivity contribution >= 4 is 15.9 Å². The Morgan fingerprint density at radius 1 is 1.40 bits per heavy atom. The Morgan fingerprint density at radius 3 is 2.90 bits per heavy atom. The van der Waals surface area contributed by atoms with E-state index < -0.39 is 9.84 Å². The monoisotopic (exact) mass is 300 g/mol. The van der Waals surface area contributed by atoms with Crippen LogP contribution in [0.2, 0.25) is 0 Å². The summed E-state index contributed by atoms with van der Waals surface area (Å²) in [5.74, 6) is 0.483. The minimum absolute atomic E-state index is 0.0525. The molecular formula is C12H20N4O3S. The third kappa shape index (κ3) is 4.84. The molecule has 20 heavy (non-hydrogen) atoms. The van der Waals surface area contributed by atoms with Gasteiger partial charge in [0, 0.05) is 32.0 Å². The van der Waals surface area contributed by atoms with Crippen molar-refractivity contribution in [3.05, 3.63) is 18.7 Å². The van der Waals surface area contributed by atoms with E-state index in [1.165, 1.54) is 0 Å². The summed E-state index contributed by atoms with van der Waals surface area (Å²) in [5.41, 5.74) is 0. The average molecular weight is 300 g/mol. The third-order valence-corrected chi connectivity index (χ3v) is 5.15. The lowest BCUT2D eigenvalue weighted by Gasteiger charge is -2.11. The van der Waals surface area contributed by atoms with E-state index in [1.807, 2.05) is 10.8 Å². The molecular weight excluding hydrogens is 280 g/mol. The van der Waals surface area contributed by atoms with Crippen molar-refractivity contribution in [2.24, 2.45) is 5.92 Å². The molecule has 112 valence electrons. The highest BCUT2D eigenvalue weighted by molar-refractivity contribution is 7.91. The summed E-state index contributed by atoms with van der Waals surface area (Å²) in [6.07, 6.45) is 6.79. The van der Waals surface area contributed by atoms with Crippen molar-refractivity contribution in [3.8, 4) is 0 Å². The Morgan fingerprint density at radius 2 is 2.25 bits per heavy atom. The number of aryl methyl sites for hydroxylation is 1. The van der Waals surface area contributed by atoms with E-state index in [0.29, 0.717) is 19.5 Å².